The molecular formula is C16H22N4O. The first-order valence-corrected chi connectivity index (χ1v) is 7.46. The van der Waals surface area contributed by atoms with Crippen LogP contribution in [-0.2, 0) is 0 Å². The number of aromatic nitrogens is 3. The highest BCUT2D eigenvalue weighted by Crippen LogP contribution is 2.07. The number of hydrogen-bond donors (Lipinski definition) is 1. The highest BCUT2D eigenvalue weighted by atomic mass is 16.1. The topological polar surface area (TPSA) is 59.8 Å². The maximum absolute atomic E-state index is 12.1. The minimum Gasteiger partial charge on any atom is -0.350 e. The number of nitrogens with one attached hydrogen (secondary N) is 1. The molecule has 5 nitrogen and oxygen atoms in total. The van der Waals surface area contributed by atoms with Gasteiger partial charge in [-0.05, 0) is 25.5 Å². The first kappa shape index (κ1) is 15.2. The minimum absolute atomic E-state index is 0.0660. The fourth-order valence-electron chi connectivity index (χ4n) is 2.15. The van der Waals surface area contributed by atoms with Crippen LogP contribution in [0, 0.1) is 0 Å². The van der Waals surface area contributed by atoms with Crippen LogP contribution >= 0.6 is 0 Å². The van der Waals surface area contributed by atoms with Gasteiger partial charge < -0.3 is 5.32 Å². The summed E-state index contributed by atoms with van der Waals surface area (Å²) in [6.45, 7) is 4.22. The van der Waals surface area contributed by atoms with Crippen molar-refractivity contribution in [3.63, 3.8) is 0 Å². The van der Waals surface area contributed by atoms with E-state index in [0.29, 0.717) is 5.56 Å². The summed E-state index contributed by atoms with van der Waals surface area (Å²) in [5.41, 5.74) is 0.584. The van der Waals surface area contributed by atoms with E-state index in [9.17, 15) is 4.79 Å². The van der Waals surface area contributed by atoms with E-state index < -0.39 is 0 Å². The van der Waals surface area contributed by atoms with Gasteiger partial charge in [-0.1, -0.05) is 26.2 Å². The predicted molar refractivity (Wildman–Crippen MR) is 82.4 cm³/mol. The standard InChI is InChI=1S/C16H22N4O/c1-3-4-5-6-13(2)19-16(21)14-7-8-15(18-11-14)20-10-9-17-12-20/h7-13H,3-6H2,1-2H3,(H,19,21). The third-order valence-corrected chi connectivity index (χ3v) is 3.40. The fourth-order valence-corrected chi connectivity index (χ4v) is 2.15. The number of rotatable bonds is 7. The zero-order valence-corrected chi connectivity index (χ0v) is 12.6. The lowest BCUT2D eigenvalue weighted by atomic mass is 10.1. The Morgan fingerprint density at radius 1 is 1.38 bits per heavy atom. The molecule has 21 heavy (non-hydrogen) atoms. The molecule has 0 bridgehead atoms. The van der Waals surface area contributed by atoms with Crippen molar-refractivity contribution >= 4 is 5.91 Å². The molecule has 0 spiro atoms. The van der Waals surface area contributed by atoms with E-state index in [4.69, 9.17) is 0 Å². The number of imidazole rings is 1. The molecule has 0 fully saturated rings. The smallest absolute Gasteiger partial charge is 0.253 e. The Bertz CT molecular complexity index is 548. The van der Waals surface area contributed by atoms with Gasteiger partial charge in [0.25, 0.3) is 5.91 Å². The van der Waals surface area contributed by atoms with E-state index in [1.54, 1.807) is 29.4 Å². The lowest BCUT2D eigenvalue weighted by Gasteiger charge is -2.13. The average Bonchev–Trinajstić information content (AvgIpc) is 3.02. The molecule has 2 aromatic rings. The zero-order valence-electron chi connectivity index (χ0n) is 12.6. The summed E-state index contributed by atoms with van der Waals surface area (Å²) in [5, 5.41) is 3.01. The van der Waals surface area contributed by atoms with Crippen LogP contribution in [0.5, 0.6) is 0 Å². The second-order valence-corrected chi connectivity index (χ2v) is 5.25. The van der Waals surface area contributed by atoms with Crippen LogP contribution in [0.2, 0.25) is 0 Å². The van der Waals surface area contributed by atoms with E-state index >= 15 is 0 Å². The molecule has 2 heterocycles. The molecule has 0 aliphatic heterocycles. The Hall–Kier alpha value is -2.17. The molecule has 2 rings (SSSR count). The van der Waals surface area contributed by atoms with Gasteiger partial charge in [0.2, 0.25) is 0 Å². The summed E-state index contributed by atoms with van der Waals surface area (Å²) in [4.78, 5) is 20.4. The molecule has 0 aromatic carbocycles. The number of nitrogens with zero attached hydrogens (tertiary/aromatic N) is 3. The Morgan fingerprint density at radius 3 is 2.86 bits per heavy atom. The van der Waals surface area contributed by atoms with E-state index in [-0.39, 0.29) is 11.9 Å². The summed E-state index contributed by atoms with van der Waals surface area (Å²) in [7, 11) is 0. The Morgan fingerprint density at radius 2 is 2.24 bits per heavy atom. The molecule has 0 aliphatic rings. The van der Waals surface area contributed by atoms with Crippen LogP contribution in [0.25, 0.3) is 5.82 Å². The SMILES string of the molecule is CCCCCC(C)NC(=O)c1ccc(-n2ccnc2)nc1. The van der Waals surface area contributed by atoms with Crippen molar-refractivity contribution in [3.05, 3.63) is 42.6 Å². The molecule has 1 amide bonds. The molecule has 0 saturated carbocycles. The zero-order chi connectivity index (χ0) is 15.1. The summed E-state index contributed by atoms with van der Waals surface area (Å²) >= 11 is 0. The second-order valence-electron chi connectivity index (χ2n) is 5.25. The molecule has 0 saturated heterocycles. The van der Waals surface area contributed by atoms with Gasteiger partial charge in [0.05, 0.1) is 5.56 Å². The van der Waals surface area contributed by atoms with Crippen molar-refractivity contribution in [2.75, 3.05) is 0 Å². The molecule has 5 heteroatoms. The third kappa shape index (κ3) is 4.41. The van der Waals surface area contributed by atoms with Crippen LogP contribution in [0.4, 0.5) is 0 Å². The summed E-state index contributed by atoms with van der Waals surface area (Å²) in [6.07, 6.45) is 11.4. The number of carbonyl (C=O) groups is 1. The van der Waals surface area contributed by atoms with Gasteiger partial charge in [-0.25, -0.2) is 9.97 Å². The molecule has 1 atom stereocenters. The predicted octanol–water partition coefficient (Wildman–Crippen LogP) is 2.97. The Kier molecular flexibility index (Phi) is 5.49. The molecular weight excluding hydrogens is 264 g/mol. The van der Waals surface area contributed by atoms with Crippen molar-refractivity contribution < 1.29 is 4.79 Å². The van der Waals surface area contributed by atoms with Crippen molar-refractivity contribution in [1.29, 1.82) is 0 Å². The quantitative estimate of drug-likeness (QED) is 0.796. The van der Waals surface area contributed by atoms with Gasteiger partial charge in [-0.15, -0.1) is 0 Å². The summed E-state index contributed by atoms with van der Waals surface area (Å²) in [5.74, 6) is 0.684. The van der Waals surface area contributed by atoms with Gasteiger partial charge in [0, 0.05) is 24.6 Å². The summed E-state index contributed by atoms with van der Waals surface area (Å²) < 4.78 is 1.80. The maximum Gasteiger partial charge on any atom is 0.253 e. The summed E-state index contributed by atoms with van der Waals surface area (Å²) in [6, 6.07) is 3.80. The lowest BCUT2D eigenvalue weighted by Crippen LogP contribution is -2.32. The maximum atomic E-state index is 12.1. The minimum atomic E-state index is -0.0660. The van der Waals surface area contributed by atoms with Crippen molar-refractivity contribution in [2.24, 2.45) is 0 Å². The average molecular weight is 286 g/mol. The van der Waals surface area contributed by atoms with Crippen LogP contribution < -0.4 is 5.32 Å². The van der Waals surface area contributed by atoms with E-state index in [2.05, 4.69) is 22.2 Å². The first-order chi connectivity index (χ1) is 10.2. The second kappa shape index (κ2) is 7.57. The Balaban J connectivity index is 1.91. The van der Waals surface area contributed by atoms with E-state index in [0.717, 1.165) is 18.7 Å². The monoisotopic (exact) mass is 286 g/mol. The van der Waals surface area contributed by atoms with Gasteiger partial charge in [-0.3, -0.25) is 9.36 Å². The molecule has 0 radical (unpaired) electrons. The van der Waals surface area contributed by atoms with Crippen LogP contribution in [0.15, 0.2) is 37.1 Å². The van der Waals surface area contributed by atoms with Crippen molar-refractivity contribution in [1.82, 2.24) is 19.9 Å². The molecule has 112 valence electrons. The third-order valence-electron chi connectivity index (χ3n) is 3.40. The largest absolute Gasteiger partial charge is 0.350 e. The van der Waals surface area contributed by atoms with Crippen LogP contribution in [-0.4, -0.2) is 26.5 Å². The van der Waals surface area contributed by atoms with Crippen molar-refractivity contribution in [3.8, 4) is 5.82 Å². The van der Waals surface area contributed by atoms with Crippen LogP contribution in [0.3, 0.4) is 0 Å². The molecule has 0 aliphatic carbocycles. The number of pyridine rings is 1. The number of amides is 1. The van der Waals surface area contributed by atoms with Gasteiger partial charge in [0.15, 0.2) is 0 Å². The molecule has 1 unspecified atom stereocenters. The normalized spacial score (nSPS) is 12.1. The van der Waals surface area contributed by atoms with Gasteiger partial charge in [0.1, 0.15) is 12.1 Å². The molecule has 1 N–H and O–H groups in total. The number of unbranched alkanes of at least 4 members (excludes halogenated alkanes) is 2. The number of hydrogen-bond acceptors (Lipinski definition) is 3. The van der Waals surface area contributed by atoms with Gasteiger partial charge >= 0.3 is 0 Å². The fraction of sp³-hybridized carbons (Fsp3) is 0.438. The Labute approximate surface area is 125 Å². The van der Waals surface area contributed by atoms with Crippen LogP contribution in [0.1, 0.15) is 49.9 Å². The van der Waals surface area contributed by atoms with E-state index in [1.807, 2.05) is 19.2 Å². The first-order valence-electron chi connectivity index (χ1n) is 7.46. The van der Waals surface area contributed by atoms with Gasteiger partial charge in [-0.2, -0.15) is 0 Å². The number of carbonyl (C=O) groups excluding carboxylic acids is 1. The molecule has 2 aromatic heterocycles. The lowest BCUT2D eigenvalue weighted by molar-refractivity contribution is 0.0937. The van der Waals surface area contributed by atoms with Crippen molar-refractivity contribution in [2.45, 2.75) is 45.6 Å². The highest BCUT2D eigenvalue weighted by Gasteiger charge is 2.10. The van der Waals surface area contributed by atoms with E-state index in [1.165, 1.54) is 12.8 Å². The highest BCUT2D eigenvalue weighted by molar-refractivity contribution is 5.94.